The van der Waals surface area contributed by atoms with Crippen molar-refractivity contribution in [1.82, 2.24) is 4.72 Å². The highest BCUT2D eigenvalue weighted by Crippen LogP contribution is 2.47. The molecule has 0 heterocycles. The van der Waals surface area contributed by atoms with Gasteiger partial charge in [-0.25, -0.2) is 8.42 Å². The molecule has 1 aromatic rings. The number of aryl methyl sites for hydroxylation is 1. The van der Waals surface area contributed by atoms with Gasteiger partial charge in [0.05, 0.1) is 5.75 Å². The molecule has 0 spiro atoms. The van der Waals surface area contributed by atoms with E-state index < -0.39 is 16.0 Å². The summed E-state index contributed by atoms with van der Waals surface area (Å²) in [7, 11) is -3.34. The van der Waals surface area contributed by atoms with Crippen LogP contribution in [0.4, 0.5) is 0 Å². The molecule has 1 fully saturated rings. The fourth-order valence-electron chi connectivity index (χ4n) is 4.04. The first kappa shape index (κ1) is 19.7. The summed E-state index contributed by atoms with van der Waals surface area (Å²) < 4.78 is 27.8. The molecule has 0 amide bonds. The van der Waals surface area contributed by atoms with Gasteiger partial charge >= 0.3 is 5.97 Å². The molecule has 2 unspecified atom stereocenters. The lowest BCUT2D eigenvalue weighted by Gasteiger charge is -2.19. The van der Waals surface area contributed by atoms with Gasteiger partial charge in [0, 0.05) is 18.0 Å². The zero-order chi connectivity index (χ0) is 19.3. The van der Waals surface area contributed by atoms with Crippen LogP contribution in [0.5, 0.6) is 0 Å². The molecule has 2 bridgehead atoms. The van der Waals surface area contributed by atoms with Crippen LogP contribution < -0.4 is 4.72 Å². The molecule has 6 heteroatoms. The monoisotopic (exact) mass is 389 g/mol. The molecule has 5 nitrogen and oxygen atoms in total. The molecule has 1 saturated carbocycles. The number of benzene rings is 1. The second-order valence-corrected chi connectivity index (χ2v) is 9.33. The van der Waals surface area contributed by atoms with Gasteiger partial charge in [0.15, 0.2) is 0 Å². The summed E-state index contributed by atoms with van der Waals surface area (Å²) in [5.41, 5.74) is 3.13. The Morgan fingerprint density at radius 2 is 2.00 bits per heavy atom. The Balaban J connectivity index is 1.55. The quantitative estimate of drug-likeness (QED) is 0.473. The van der Waals surface area contributed by atoms with Crippen LogP contribution in [0.2, 0.25) is 0 Å². The fourth-order valence-corrected chi connectivity index (χ4v) is 5.23. The Hall–Kier alpha value is -2.08. The van der Waals surface area contributed by atoms with Gasteiger partial charge in [-0.1, -0.05) is 42.5 Å². The van der Waals surface area contributed by atoms with E-state index in [4.69, 9.17) is 5.11 Å². The van der Waals surface area contributed by atoms with E-state index in [0.717, 1.165) is 36.9 Å². The van der Waals surface area contributed by atoms with E-state index in [9.17, 15) is 13.2 Å². The second-order valence-electron chi connectivity index (χ2n) is 7.49. The Bertz CT molecular complexity index is 827. The van der Waals surface area contributed by atoms with Crippen LogP contribution in [0.15, 0.2) is 53.8 Å². The zero-order valence-corrected chi connectivity index (χ0v) is 16.2. The molecular formula is C21H27NO4S. The van der Waals surface area contributed by atoms with Crippen LogP contribution in [0.25, 0.3) is 0 Å². The van der Waals surface area contributed by atoms with Crippen molar-refractivity contribution >= 4 is 16.0 Å². The second kappa shape index (κ2) is 8.74. The van der Waals surface area contributed by atoms with Crippen molar-refractivity contribution in [2.24, 2.45) is 11.8 Å². The Morgan fingerprint density at radius 1 is 1.22 bits per heavy atom. The average Bonchev–Trinajstić information content (AvgIpc) is 3.20. The van der Waals surface area contributed by atoms with E-state index in [0.29, 0.717) is 24.7 Å². The van der Waals surface area contributed by atoms with E-state index >= 15 is 0 Å². The molecule has 0 radical (unpaired) electrons. The lowest BCUT2D eigenvalue weighted by atomic mass is 9.93. The summed E-state index contributed by atoms with van der Waals surface area (Å²) >= 11 is 0. The maximum absolute atomic E-state index is 12.5. The zero-order valence-electron chi connectivity index (χ0n) is 15.4. The standard InChI is InChI=1S/C21H27NO4S/c23-21(24)10-6-2-5-9-18-13-17-14-19(18)20(15-17)22-27(25,26)12-11-16-7-3-1-4-8-16/h1,3-5,7-9,17-18,22H,2,6,10-15H2,(H,23,24). The van der Waals surface area contributed by atoms with Crippen molar-refractivity contribution in [3.63, 3.8) is 0 Å². The van der Waals surface area contributed by atoms with E-state index in [2.05, 4.69) is 10.8 Å². The van der Waals surface area contributed by atoms with Crippen LogP contribution in [-0.4, -0.2) is 25.2 Å². The van der Waals surface area contributed by atoms with Crippen molar-refractivity contribution in [3.8, 4) is 0 Å². The number of carboxylic acids is 1. The minimum atomic E-state index is -3.34. The predicted octanol–water partition coefficient (Wildman–Crippen LogP) is 3.64. The SMILES string of the molecule is O=C(O)CCCC=CC1CC2CC(NS(=O)(=O)CCc3ccccc3)=C1C2. The van der Waals surface area contributed by atoms with E-state index in [1.807, 2.05) is 36.4 Å². The van der Waals surface area contributed by atoms with Crippen molar-refractivity contribution in [2.75, 3.05) is 5.75 Å². The third-order valence-corrected chi connectivity index (χ3v) is 6.63. The van der Waals surface area contributed by atoms with Crippen LogP contribution in [0, 0.1) is 11.8 Å². The number of hydrogen-bond acceptors (Lipinski definition) is 3. The van der Waals surface area contributed by atoms with Crippen molar-refractivity contribution in [2.45, 2.75) is 44.9 Å². The normalized spacial score (nSPS) is 21.9. The number of unbranched alkanes of at least 4 members (excludes halogenated alkanes) is 1. The highest BCUT2D eigenvalue weighted by Gasteiger charge is 2.37. The molecule has 0 aromatic heterocycles. The number of carboxylic acid groups (broad SMARTS) is 1. The molecule has 2 atom stereocenters. The Kier molecular flexibility index (Phi) is 6.37. The number of sulfonamides is 1. The van der Waals surface area contributed by atoms with Gasteiger partial charge in [0.2, 0.25) is 10.0 Å². The van der Waals surface area contributed by atoms with Gasteiger partial charge in [-0.2, -0.15) is 0 Å². The van der Waals surface area contributed by atoms with Gasteiger partial charge in [-0.05, 0) is 55.6 Å². The van der Waals surface area contributed by atoms with E-state index in [1.165, 1.54) is 5.57 Å². The van der Waals surface area contributed by atoms with Crippen LogP contribution in [-0.2, 0) is 21.2 Å². The number of aliphatic carboxylic acids is 1. The number of carbonyl (C=O) groups is 1. The van der Waals surface area contributed by atoms with Crippen LogP contribution in [0.1, 0.15) is 44.1 Å². The summed E-state index contributed by atoms with van der Waals surface area (Å²) in [6.45, 7) is 0. The van der Waals surface area contributed by atoms with Gasteiger partial charge in [0.25, 0.3) is 0 Å². The largest absolute Gasteiger partial charge is 0.481 e. The fraction of sp³-hybridized carbons (Fsp3) is 0.476. The van der Waals surface area contributed by atoms with Gasteiger partial charge in [-0.15, -0.1) is 0 Å². The maximum Gasteiger partial charge on any atom is 0.303 e. The summed E-state index contributed by atoms with van der Waals surface area (Å²) in [5, 5.41) is 8.67. The third kappa shape index (κ3) is 5.70. The minimum Gasteiger partial charge on any atom is -0.481 e. The van der Waals surface area contributed by atoms with Gasteiger partial charge < -0.3 is 5.11 Å². The van der Waals surface area contributed by atoms with Gasteiger partial charge in [-0.3, -0.25) is 9.52 Å². The van der Waals surface area contributed by atoms with E-state index in [1.54, 1.807) is 0 Å². The number of allylic oxidation sites excluding steroid dienone is 4. The molecule has 1 aromatic carbocycles. The number of hydrogen-bond donors (Lipinski definition) is 2. The molecule has 2 aliphatic carbocycles. The molecule has 2 aliphatic rings. The molecular weight excluding hydrogens is 362 g/mol. The summed E-state index contributed by atoms with van der Waals surface area (Å²) in [5.74, 6) is 0.146. The van der Waals surface area contributed by atoms with Crippen molar-refractivity contribution in [1.29, 1.82) is 0 Å². The number of fused-ring (bicyclic) bond motifs is 2. The average molecular weight is 390 g/mol. The minimum absolute atomic E-state index is 0.0914. The Labute approximate surface area is 161 Å². The first-order valence-corrected chi connectivity index (χ1v) is 11.2. The first-order chi connectivity index (χ1) is 12.9. The smallest absolute Gasteiger partial charge is 0.303 e. The summed E-state index contributed by atoms with van der Waals surface area (Å²) in [6, 6.07) is 9.65. The number of rotatable bonds is 10. The molecule has 0 aliphatic heterocycles. The highest BCUT2D eigenvalue weighted by atomic mass is 32.2. The maximum atomic E-state index is 12.5. The topological polar surface area (TPSA) is 83.5 Å². The van der Waals surface area contributed by atoms with Crippen molar-refractivity contribution < 1.29 is 18.3 Å². The summed E-state index contributed by atoms with van der Waals surface area (Å²) in [6.07, 6.45) is 9.13. The number of nitrogens with one attached hydrogen (secondary N) is 1. The summed E-state index contributed by atoms with van der Waals surface area (Å²) in [4.78, 5) is 10.5. The first-order valence-electron chi connectivity index (χ1n) is 9.58. The lowest BCUT2D eigenvalue weighted by Crippen LogP contribution is -2.28. The van der Waals surface area contributed by atoms with Crippen LogP contribution in [0.3, 0.4) is 0 Å². The lowest BCUT2D eigenvalue weighted by molar-refractivity contribution is -0.137. The third-order valence-electron chi connectivity index (χ3n) is 5.33. The van der Waals surface area contributed by atoms with Crippen LogP contribution >= 0.6 is 0 Å². The highest BCUT2D eigenvalue weighted by molar-refractivity contribution is 7.89. The van der Waals surface area contributed by atoms with E-state index in [-0.39, 0.29) is 12.2 Å². The predicted molar refractivity (Wildman–Crippen MR) is 106 cm³/mol. The Morgan fingerprint density at radius 3 is 2.70 bits per heavy atom. The molecule has 2 N–H and O–H groups in total. The van der Waals surface area contributed by atoms with Gasteiger partial charge in [0.1, 0.15) is 0 Å². The molecule has 0 saturated heterocycles. The molecule has 3 rings (SSSR count). The molecule has 146 valence electrons. The molecule has 27 heavy (non-hydrogen) atoms. The van der Waals surface area contributed by atoms with Crippen molar-refractivity contribution in [3.05, 3.63) is 59.3 Å².